The minimum atomic E-state index is -0.535. The second-order valence-electron chi connectivity index (χ2n) is 4.67. The van der Waals surface area contributed by atoms with Gasteiger partial charge in [0.15, 0.2) is 0 Å². The number of nitrogens with one attached hydrogen (secondary N) is 1. The number of carbonyl (C=O) groups is 1. The number of rotatable bonds is 5. The molecule has 6 heteroatoms. The fourth-order valence-electron chi connectivity index (χ4n) is 1.55. The maximum absolute atomic E-state index is 13.5. The number of hydrogen-bond donors (Lipinski definition) is 2. The van der Waals surface area contributed by atoms with E-state index in [4.69, 9.17) is 5.73 Å². The molecule has 0 aliphatic heterocycles. The summed E-state index contributed by atoms with van der Waals surface area (Å²) in [6, 6.07) is 4.31. The van der Waals surface area contributed by atoms with E-state index in [1.54, 1.807) is 19.1 Å². The van der Waals surface area contributed by atoms with Crippen molar-refractivity contribution in [3.05, 3.63) is 35.1 Å². The van der Waals surface area contributed by atoms with Crippen molar-refractivity contribution in [2.24, 2.45) is 5.73 Å². The molecule has 108 valence electrons. The molecule has 1 amide bonds. The van der Waals surface area contributed by atoms with Crippen molar-refractivity contribution in [2.45, 2.75) is 26.1 Å². The van der Waals surface area contributed by atoms with E-state index in [0.717, 1.165) is 5.56 Å². The van der Waals surface area contributed by atoms with Crippen molar-refractivity contribution in [2.75, 3.05) is 14.1 Å². The molecule has 0 saturated carbocycles. The molecule has 0 fully saturated rings. The van der Waals surface area contributed by atoms with Gasteiger partial charge < -0.3 is 16.0 Å². The average Bonchev–Trinajstić information content (AvgIpc) is 2.28. The van der Waals surface area contributed by atoms with Crippen LogP contribution in [0.3, 0.4) is 0 Å². The average molecular weight is 290 g/mol. The second-order valence-corrected chi connectivity index (χ2v) is 4.67. The molecule has 0 aromatic heterocycles. The summed E-state index contributed by atoms with van der Waals surface area (Å²) in [5, 5.41) is 2.70. The van der Waals surface area contributed by atoms with Crippen LogP contribution in [0.15, 0.2) is 18.2 Å². The van der Waals surface area contributed by atoms with Gasteiger partial charge in [-0.25, -0.2) is 4.39 Å². The fourth-order valence-corrected chi connectivity index (χ4v) is 1.55. The van der Waals surface area contributed by atoms with E-state index in [-0.39, 0.29) is 24.1 Å². The highest BCUT2D eigenvalue weighted by atomic mass is 35.5. The van der Waals surface area contributed by atoms with Crippen LogP contribution in [0, 0.1) is 5.82 Å². The predicted molar refractivity (Wildman–Crippen MR) is 76.5 cm³/mol. The van der Waals surface area contributed by atoms with Gasteiger partial charge in [-0.3, -0.25) is 4.79 Å². The lowest BCUT2D eigenvalue weighted by Gasteiger charge is -2.13. The lowest BCUT2D eigenvalue weighted by molar-refractivity contribution is -0.122. The summed E-state index contributed by atoms with van der Waals surface area (Å²) in [5.74, 6) is -0.445. The van der Waals surface area contributed by atoms with Crippen LogP contribution in [0.4, 0.5) is 4.39 Å². The van der Waals surface area contributed by atoms with Crippen LogP contribution in [0.1, 0.15) is 18.1 Å². The Bertz CT molecular complexity index is 424. The third-order valence-electron chi connectivity index (χ3n) is 2.48. The van der Waals surface area contributed by atoms with Crippen molar-refractivity contribution in [3.63, 3.8) is 0 Å². The summed E-state index contributed by atoms with van der Waals surface area (Å²) in [6.45, 7) is 2.51. The molecule has 1 rings (SSSR count). The van der Waals surface area contributed by atoms with Gasteiger partial charge in [0.25, 0.3) is 0 Å². The van der Waals surface area contributed by atoms with E-state index in [0.29, 0.717) is 18.7 Å². The molecule has 0 saturated heterocycles. The zero-order valence-electron chi connectivity index (χ0n) is 11.4. The Balaban J connectivity index is 0.00000324. The summed E-state index contributed by atoms with van der Waals surface area (Å²) in [6.07, 6.45) is 0. The standard InChI is InChI=1S/C13H20FN3O.ClH/c1-9(15)13(18)16-7-10-4-5-12(14)11(6-10)8-17(2)3;/h4-6,9H,7-8,15H2,1-3H3,(H,16,18);1H. The predicted octanol–water partition coefficient (Wildman–Crippen LogP) is 1.27. The summed E-state index contributed by atoms with van der Waals surface area (Å²) in [7, 11) is 3.76. The third kappa shape index (κ3) is 6.00. The van der Waals surface area contributed by atoms with Crippen molar-refractivity contribution in [3.8, 4) is 0 Å². The number of benzene rings is 1. The molecule has 0 aliphatic carbocycles. The maximum atomic E-state index is 13.5. The van der Waals surface area contributed by atoms with Gasteiger partial charge in [-0.15, -0.1) is 12.4 Å². The second kappa shape index (κ2) is 8.09. The zero-order valence-corrected chi connectivity index (χ0v) is 12.3. The molecular weight excluding hydrogens is 269 g/mol. The number of nitrogens with zero attached hydrogens (tertiary/aromatic N) is 1. The van der Waals surface area contributed by atoms with Crippen molar-refractivity contribution in [1.82, 2.24) is 10.2 Å². The molecule has 1 unspecified atom stereocenters. The first kappa shape index (κ1) is 17.8. The number of carbonyl (C=O) groups excluding carboxylic acids is 1. The van der Waals surface area contributed by atoms with Crippen molar-refractivity contribution in [1.29, 1.82) is 0 Å². The Morgan fingerprint density at radius 1 is 1.47 bits per heavy atom. The highest BCUT2D eigenvalue weighted by Gasteiger charge is 2.08. The SMILES string of the molecule is CC(N)C(=O)NCc1ccc(F)c(CN(C)C)c1.Cl. The Kier molecular flexibility index (Phi) is 7.59. The zero-order chi connectivity index (χ0) is 13.7. The topological polar surface area (TPSA) is 58.4 Å². The van der Waals surface area contributed by atoms with Gasteiger partial charge in [-0.05, 0) is 38.7 Å². The Labute approximate surface area is 119 Å². The monoisotopic (exact) mass is 289 g/mol. The maximum Gasteiger partial charge on any atom is 0.236 e. The third-order valence-corrected chi connectivity index (χ3v) is 2.48. The van der Waals surface area contributed by atoms with E-state index in [9.17, 15) is 9.18 Å². The summed E-state index contributed by atoms with van der Waals surface area (Å²) >= 11 is 0. The van der Waals surface area contributed by atoms with Crippen LogP contribution in [0.25, 0.3) is 0 Å². The largest absolute Gasteiger partial charge is 0.351 e. The lowest BCUT2D eigenvalue weighted by Crippen LogP contribution is -2.37. The molecule has 4 nitrogen and oxygen atoms in total. The number of amides is 1. The minimum absolute atomic E-state index is 0. The molecule has 1 aromatic rings. The van der Waals surface area contributed by atoms with E-state index in [1.165, 1.54) is 6.07 Å². The smallest absolute Gasteiger partial charge is 0.236 e. The van der Waals surface area contributed by atoms with Crippen molar-refractivity contribution >= 4 is 18.3 Å². The van der Waals surface area contributed by atoms with Crippen LogP contribution in [-0.4, -0.2) is 30.9 Å². The molecule has 0 radical (unpaired) electrons. The highest BCUT2D eigenvalue weighted by molar-refractivity contribution is 5.85. The molecule has 19 heavy (non-hydrogen) atoms. The fraction of sp³-hybridized carbons (Fsp3) is 0.462. The summed E-state index contributed by atoms with van der Waals surface area (Å²) < 4.78 is 13.5. The Hall–Kier alpha value is -1.17. The van der Waals surface area contributed by atoms with Crippen LogP contribution in [-0.2, 0) is 17.9 Å². The molecule has 0 heterocycles. The Morgan fingerprint density at radius 2 is 2.11 bits per heavy atom. The molecular formula is C13H21ClFN3O. The van der Waals surface area contributed by atoms with Gasteiger partial charge in [0, 0.05) is 18.7 Å². The first-order valence-electron chi connectivity index (χ1n) is 5.85. The molecule has 0 aliphatic rings. The number of halogens is 2. The van der Waals surface area contributed by atoms with Gasteiger partial charge in [0.2, 0.25) is 5.91 Å². The summed E-state index contributed by atoms with van der Waals surface area (Å²) in [4.78, 5) is 13.2. The molecule has 0 bridgehead atoms. The van der Waals surface area contributed by atoms with E-state index in [1.807, 2.05) is 19.0 Å². The van der Waals surface area contributed by atoms with Crippen LogP contribution < -0.4 is 11.1 Å². The van der Waals surface area contributed by atoms with Gasteiger partial charge in [-0.1, -0.05) is 6.07 Å². The van der Waals surface area contributed by atoms with E-state index in [2.05, 4.69) is 5.32 Å². The highest BCUT2D eigenvalue weighted by Crippen LogP contribution is 2.12. The molecule has 3 N–H and O–H groups in total. The number of nitrogens with two attached hydrogens (primary N) is 1. The van der Waals surface area contributed by atoms with Gasteiger partial charge in [0.1, 0.15) is 5.82 Å². The summed E-state index contributed by atoms with van der Waals surface area (Å²) in [5.41, 5.74) is 6.92. The lowest BCUT2D eigenvalue weighted by atomic mass is 10.1. The van der Waals surface area contributed by atoms with E-state index < -0.39 is 6.04 Å². The molecule has 1 atom stereocenters. The first-order chi connectivity index (χ1) is 8.40. The van der Waals surface area contributed by atoms with Crippen LogP contribution in [0.2, 0.25) is 0 Å². The molecule has 0 spiro atoms. The van der Waals surface area contributed by atoms with Gasteiger partial charge in [0.05, 0.1) is 6.04 Å². The van der Waals surface area contributed by atoms with Gasteiger partial charge in [-0.2, -0.15) is 0 Å². The normalized spacial score (nSPS) is 11.9. The number of hydrogen-bond acceptors (Lipinski definition) is 3. The first-order valence-corrected chi connectivity index (χ1v) is 5.85. The molecule has 1 aromatic carbocycles. The van der Waals surface area contributed by atoms with E-state index >= 15 is 0 Å². The van der Waals surface area contributed by atoms with Crippen LogP contribution >= 0.6 is 12.4 Å². The van der Waals surface area contributed by atoms with Crippen LogP contribution in [0.5, 0.6) is 0 Å². The van der Waals surface area contributed by atoms with Gasteiger partial charge >= 0.3 is 0 Å². The Morgan fingerprint density at radius 3 is 2.63 bits per heavy atom. The van der Waals surface area contributed by atoms with Crippen molar-refractivity contribution < 1.29 is 9.18 Å². The quantitative estimate of drug-likeness (QED) is 0.858. The minimum Gasteiger partial charge on any atom is -0.351 e.